The Labute approximate surface area is 201 Å². The van der Waals surface area contributed by atoms with Crippen LogP contribution in [0.25, 0.3) is 0 Å². The van der Waals surface area contributed by atoms with Crippen molar-refractivity contribution in [3.8, 4) is 0 Å². The van der Waals surface area contributed by atoms with Gasteiger partial charge in [0.1, 0.15) is 11.6 Å². The fourth-order valence-corrected chi connectivity index (χ4v) is 3.82. The highest BCUT2D eigenvalue weighted by Crippen LogP contribution is 2.29. The fraction of sp³-hybridized carbons (Fsp3) is 0.100. The molecule has 0 bridgehead atoms. The molecule has 0 spiro atoms. The predicted molar refractivity (Wildman–Crippen MR) is 126 cm³/mol. The van der Waals surface area contributed by atoms with Gasteiger partial charge in [0.15, 0.2) is 11.6 Å². The van der Waals surface area contributed by atoms with Crippen LogP contribution < -0.4 is 20.5 Å². The first-order chi connectivity index (χ1) is 15.5. The maximum absolute atomic E-state index is 14.9. The summed E-state index contributed by atoms with van der Waals surface area (Å²) in [5.74, 6) is -3.94. The molecule has 5 N–H and O–H groups in total. The molecule has 0 radical (unpaired) electrons. The first-order valence-corrected chi connectivity index (χ1v) is 11.8. The van der Waals surface area contributed by atoms with Crippen molar-refractivity contribution in [1.29, 1.82) is 0 Å². The monoisotopic (exact) mass is 591 g/mol. The molecule has 3 aromatic rings. The van der Waals surface area contributed by atoms with Crippen LogP contribution >= 0.6 is 22.6 Å². The van der Waals surface area contributed by atoms with Crippen LogP contribution in [0.5, 0.6) is 0 Å². The molecule has 0 atom stereocenters. The molecule has 1 aromatic heterocycles. The third-order valence-electron chi connectivity index (χ3n) is 4.50. The van der Waals surface area contributed by atoms with Crippen molar-refractivity contribution in [1.82, 2.24) is 9.71 Å². The summed E-state index contributed by atoms with van der Waals surface area (Å²) in [5, 5.41) is 2.65. The van der Waals surface area contributed by atoms with E-state index in [9.17, 15) is 26.4 Å². The number of pyridine rings is 1. The first-order valence-electron chi connectivity index (χ1n) is 9.19. The molecule has 3 rings (SSSR count). The van der Waals surface area contributed by atoms with Gasteiger partial charge in [-0.05, 0) is 70.1 Å². The molecule has 0 unspecified atom stereocenters. The van der Waals surface area contributed by atoms with E-state index >= 15 is 0 Å². The SMILES string of the molecule is CNS(=O)(=O)Nc1nccc(Cc2cc(C(N)=O)c(Nc3ccc(I)cc3F)cc2F)c1F. The van der Waals surface area contributed by atoms with Gasteiger partial charge in [0, 0.05) is 23.2 Å². The van der Waals surface area contributed by atoms with Crippen LogP contribution in [0.2, 0.25) is 0 Å². The lowest BCUT2D eigenvalue weighted by Crippen LogP contribution is -2.27. The summed E-state index contributed by atoms with van der Waals surface area (Å²) in [6.45, 7) is 0. The van der Waals surface area contributed by atoms with Crippen molar-refractivity contribution in [2.24, 2.45) is 5.73 Å². The number of carbonyl (C=O) groups is 1. The summed E-state index contributed by atoms with van der Waals surface area (Å²) >= 11 is 1.93. The van der Waals surface area contributed by atoms with Crippen molar-refractivity contribution in [2.45, 2.75) is 6.42 Å². The quantitative estimate of drug-likeness (QED) is 0.299. The average molecular weight is 591 g/mol. The number of benzene rings is 2. The zero-order valence-electron chi connectivity index (χ0n) is 16.9. The van der Waals surface area contributed by atoms with Gasteiger partial charge >= 0.3 is 0 Å². The van der Waals surface area contributed by atoms with Gasteiger partial charge in [-0.15, -0.1) is 0 Å². The highest BCUT2D eigenvalue weighted by molar-refractivity contribution is 14.1. The number of nitrogens with zero attached hydrogens (tertiary/aromatic N) is 1. The largest absolute Gasteiger partial charge is 0.366 e. The lowest BCUT2D eigenvalue weighted by Gasteiger charge is -2.15. The Bertz CT molecular complexity index is 1340. The Morgan fingerprint density at radius 1 is 1.06 bits per heavy atom. The molecular weight excluding hydrogens is 574 g/mol. The number of rotatable bonds is 8. The normalized spacial score (nSPS) is 11.3. The lowest BCUT2D eigenvalue weighted by atomic mass is 10.0. The van der Waals surface area contributed by atoms with Gasteiger partial charge in [-0.25, -0.2) is 22.9 Å². The van der Waals surface area contributed by atoms with E-state index in [4.69, 9.17) is 5.73 Å². The number of nitrogens with one attached hydrogen (secondary N) is 3. The number of aromatic nitrogens is 1. The summed E-state index contributed by atoms with van der Waals surface area (Å²) in [6, 6.07) is 7.62. The summed E-state index contributed by atoms with van der Waals surface area (Å²) in [6.07, 6.45) is 0.807. The molecule has 13 heteroatoms. The van der Waals surface area contributed by atoms with Crippen molar-refractivity contribution >= 4 is 55.9 Å². The van der Waals surface area contributed by atoms with Gasteiger partial charge < -0.3 is 11.1 Å². The number of hydrogen-bond acceptors (Lipinski definition) is 5. The molecule has 0 fully saturated rings. The van der Waals surface area contributed by atoms with Crippen molar-refractivity contribution in [3.05, 3.63) is 80.3 Å². The molecule has 1 heterocycles. The summed E-state index contributed by atoms with van der Waals surface area (Å²) < 4.78 is 71.6. The van der Waals surface area contributed by atoms with E-state index in [1.807, 2.05) is 32.0 Å². The highest BCUT2D eigenvalue weighted by Gasteiger charge is 2.19. The molecule has 0 aliphatic heterocycles. The number of halogens is 4. The van der Waals surface area contributed by atoms with Gasteiger partial charge in [-0.3, -0.25) is 9.52 Å². The Hall–Kier alpha value is -2.91. The first kappa shape index (κ1) is 24.7. The van der Waals surface area contributed by atoms with Crippen LogP contribution in [0.15, 0.2) is 42.6 Å². The molecule has 33 heavy (non-hydrogen) atoms. The van der Waals surface area contributed by atoms with Gasteiger partial charge in [-0.1, -0.05) is 0 Å². The second-order valence-corrected chi connectivity index (χ2v) is 9.59. The van der Waals surface area contributed by atoms with E-state index in [1.165, 1.54) is 18.2 Å². The number of nitrogens with two attached hydrogens (primary N) is 1. The van der Waals surface area contributed by atoms with Crippen molar-refractivity contribution in [2.75, 3.05) is 17.1 Å². The van der Waals surface area contributed by atoms with E-state index in [0.29, 0.717) is 3.57 Å². The van der Waals surface area contributed by atoms with E-state index in [-0.39, 0.29) is 34.5 Å². The summed E-state index contributed by atoms with van der Waals surface area (Å²) in [5.41, 5.74) is 5.03. The second-order valence-electron chi connectivity index (χ2n) is 6.72. The average Bonchev–Trinajstić information content (AvgIpc) is 2.74. The van der Waals surface area contributed by atoms with Gasteiger partial charge in [0.2, 0.25) is 0 Å². The van der Waals surface area contributed by atoms with Crippen molar-refractivity contribution < 1.29 is 26.4 Å². The molecule has 0 saturated carbocycles. The Morgan fingerprint density at radius 2 is 1.79 bits per heavy atom. The molecule has 0 aliphatic rings. The molecule has 1 amide bonds. The molecule has 2 aromatic carbocycles. The van der Waals surface area contributed by atoms with Gasteiger partial charge in [0.25, 0.3) is 16.1 Å². The van der Waals surface area contributed by atoms with Crippen LogP contribution in [-0.2, 0) is 16.6 Å². The number of hydrogen-bond donors (Lipinski definition) is 4. The van der Waals surface area contributed by atoms with Crippen LogP contribution in [0.3, 0.4) is 0 Å². The minimum Gasteiger partial charge on any atom is -0.366 e. The minimum absolute atomic E-state index is 0.00621. The Balaban J connectivity index is 1.97. The maximum Gasteiger partial charge on any atom is 0.300 e. The van der Waals surface area contributed by atoms with Crippen LogP contribution in [0.1, 0.15) is 21.5 Å². The lowest BCUT2D eigenvalue weighted by molar-refractivity contribution is 0.100. The van der Waals surface area contributed by atoms with E-state index in [0.717, 1.165) is 25.4 Å². The third-order valence-corrected chi connectivity index (χ3v) is 6.17. The molecule has 8 nitrogen and oxygen atoms in total. The van der Waals surface area contributed by atoms with Gasteiger partial charge in [-0.2, -0.15) is 8.42 Å². The predicted octanol–water partition coefficient (Wildman–Crippen LogP) is 3.41. The number of amides is 1. The number of anilines is 3. The smallest absolute Gasteiger partial charge is 0.300 e. The fourth-order valence-electron chi connectivity index (χ4n) is 2.87. The summed E-state index contributed by atoms with van der Waals surface area (Å²) in [4.78, 5) is 15.6. The van der Waals surface area contributed by atoms with Crippen LogP contribution in [0, 0.1) is 21.0 Å². The Kier molecular flexibility index (Phi) is 7.44. The zero-order valence-corrected chi connectivity index (χ0v) is 19.9. The molecule has 174 valence electrons. The number of carbonyl (C=O) groups excluding carboxylic acids is 1. The highest BCUT2D eigenvalue weighted by atomic mass is 127. The number of primary amides is 1. The standard InChI is InChI=1S/C20H17F3IN5O3S/c1-26-33(31,32)29-20-18(23)10(4-5-27-20)6-11-7-13(19(25)30)17(9-14(11)21)28-16-3-2-12(24)8-15(16)22/h2-5,7-9,26,28H,6H2,1H3,(H2,25,30)(H,27,29). The van der Waals surface area contributed by atoms with Crippen molar-refractivity contribution in [3.63, 3.8) is 0 Å². The van der Waals surface area contributed by atoms with E-state index < -0.39 is 39.4 Å². The van der Waals surface area contributed by atoms with Crippen LogP contribution in [0.4, 0.5) is 30.4 Å². The van der Waals surface area contributed by atoms with E-state index in [2.05, 4.69) is 10.3 Å². The molecular formula is C20H17F3IN5O3S. The molecule has 0 aliphatic carbocycles. The zero-order chi connectivity index (χ0) is 24.3. The second kappa shape index (κ2) is 9.93. The Morgan fingerprint density at radius 3 is 2.42 bits per heavy atom. The van der Waals surface area contributed by atoms with Gasteiger partial charge in [0.05, 0.1) is 16.9 Å². The topological polar surface area (TPSA) is 126 Å². The maximum atomic E-state index is 14.9. The minimum atomic E-state index is -4.03. The summed E-state index contributed by atoms with van der Waals surface area (Å²) in [7, 11) is -2.90. The third kappa shape index (κ3) is 5.91. The van der Waals surface area contributed by atoms with Crippen LogP contribution in [-0.4, -0.2) is 26.4 Å². The van der Waals surface area contributed by atoms with E-state index in [1.54, 1.807) is 6.07 Å². The molecule has 0 saturated heterocycles.